The minimum absolute atomic E-state index is 0.0649. The van der Waals surface area contributed by atoms with Crippen LogP contribution in [-0.4, -0.2) is 41.1 Å². The van der Waals surface area contributed by atoms with Crippen molar-refractivity contribution < 1.29 is 4.79 Å². The van der Waals surface area contributed by atoms with Gasteiger partial charge in [0.05, 0.1) is 35.4 Å². The first kappa shape index (κ1) is 22.7. The Kier molecular flexibility index (Phi) is 6.26. The Labute approximate surface area is 203 Å². The summed E-state index contributed by atoms with van der Waals surface area (Å²) in [5.41, 5.74) is 6.27. The molecule has 0 unspecified atom stereocenters. The van der Waals surface area contributed by atoms with Crippen LogP contribution in [0.2, 0.25) is 0 Å². The lowest BCUT2D eigenvalue weighted by atomic mass is 9.95. The zero-order valence-electron chi connectivity index (χ0n) is 20.1. The summed E-state index contributed by atoms with van der Waals surface area (Å²) in [5, 5.41) is 21.9. The topological polar surface area (TPSA) is 126 Å². The highest BCUT2D eigenvalue weighted by Crippen LogP contribution is 2.32. The third-order valence-electron chi connectivity index (χ3n) is 6.24. The molecule has 1 aliphatic rings. The first-order chi connectivity index (χ1) is 17.0. The van der Waals surface area contributed by atoms with Gasteiger partial charge >= 0.3 is 0 Å². The van der Waals surface area contributed by atoms with Gasteiger partial charge in [0.15, 0.2) is 5.69 Å². The van der Waals surface area contributed by atoms with Crippen LogP contribution in [-0.2, 0) is 6.42 Å². The molecule has 3 aromatic heterocycles. The minimum Gasteiger partial charge on any atom is -0.344 e. The molecule has 1 aromatic carbocycles. The van der Waals surface area contributed by atoms with Gasteiger partial charge in [0.25, 0.3) is 5.91 Å². The van der Waals surface area contributed by atoms with Crippen LogP contribution in [0.3, 0.4) is 0 Å². The molecule has 35 heavy (non-hydrogen) atoms. The first-order valence-electron chi connectivity index (χ1n) is 11.9. The van der Waals surface area contributed by atoms with Crippen LogP contribution < -0.4 is 10.6 Å². The Hall–Kier alpha value is -4.08. The predicted molar refractivity (Wildman–Crippen MR) is 132 cm³/mol. The van der Waals surface area contributed by atoms with E-state index in [1.165, 1.54) is 11.8 Å². The Morgan fingerprint density at radius 1 is 1.23 bits per heavy atom. The van der Waals surface area contributed by atoms with E-state index >= 15 is 0 Å². The van der Waals surface area contributed by atoms with E-state index in [1.54, 1.807) is 17.2 Å². The van der Waals surface area contributed by atoms with Gasteiger partial charge in [-0.05, 0) is 63.3 Å². The molecule has 1 aliphatic carbocycles. The quantitative estimate of drug-likeness (QED) is 0.358. The van der Waals surface area contributed by atoms with Crippen molar-refractivity contribution >= 4 is 17.5 Å². The highest BCUT2D eigenvalue weighted by Gasteiger charge is 2.23. The number of carbonyl (C=O) groups is 1. The van der Waals surface area contributed by atoms with Gasteiger partial charge in [-0.1, -0.05) is 18.6 Å². The van der Waals surface area contributed by atoms with Gasteiger partial charge in [0, 0.05) is 18.0 Å². The van der Waals surface area contributed by atoms with Crippen molar-refractivity contribution in [3.05, 3.63) is 65.4 Å². The number of aromatic amines is 1. The maximum absolute atomic E-state index is 12.9. The highest BCUT2D eigenvalue weighted by atomic mass is 16.2. The maximum atomic E-state index is 12.9. The van der Waals surface area contributed by atoms with Crippen molar-refractivity contribution in [2.24, 2.45) is 0 Å². The molecule has 10 heteroatoms. The van der Waals surface area contributed by atoms with E-state index in [9.17, 15) is 4.79 Å². The van der Waals surface area contributed by atoms with Crippen LogP contribution in [0.5, 0.6) is 0 Å². The molecule has 0 aliphatic heterocycles. The summed E-state index contributed by atoms with van der Waals surface area (Å²) >= 11 is 0. The highest BCUT2D eigenvalue weighted by molar-refractivity contribution is 5.92. The molecule has 3 N–H and O–H groups in total. The predicted octanol–water partition coefficient (Wildman–Crippen LogP) is 4.29. The number of aromatic nitrogens is 7. The van der Waals surface area contributed by atoms with Gasteiger partial charge < -0.3 is 10.6 Å². The van der Waals surface area contributed by atoms with Crippen molar-refractivity contribution in [3.8, 4) is 11.3 Å². The van der Waals surface area contributed by atoms with Gasteiger partial charge in [-0.2, -0.15) is 15.0 Å². The second kappa shape index (κ2) is 9.65. The molecule has 10 nitrogen and oxygen atoms in total. The van der Waals surface area contributed by atoms with Crippen LogP contribution in [0, 0.1) is 6.92 Å². The molecule has 0 saturated heterocycles. The molecule has 0 saturated carbocycles. The number of benzene rings is 1. The Balaban J connectivity index is 1.37. The lowest BCUT2D eigenvalue weighted by Crippen LogP contribution is -2.29. The molecule has 0 spiro atoms. The molecule has 0 fully saturated rings. The van der Waals surface area contributed by atoms with Gasteiger partial charge in [-0.25, -0.2) is 9.97 Å². The summed E-state index contributed by atoms with van der Waals surface area (Å²) in [7, 11) is 0. The molecular weight excluding hydrogens is 442 g/mol. The summed E-state index contributed by atoms with van der Waals surface area (Å²) in [6, 6.07) is 8.31. The second-order valence-corrected chi connectivity index (χ2v) is 9.10. The number of aryl methyl sites for hydroxylation is 2. The Morgan fingerprint density at radius 3 is 2.89 bits per heavy atom. The molecule has 0 radical (unpaired) electrons. The van der Waals surface area contributed by atoms with Gasteiger partial charge in [0.1, 0.15) is 0 Å². The molecule has 5 rings (SSSR count). The number of amides is 1. The fourth-order valence-corrected chi connectivity index (χ4v) is 4.34. The van der Waals surface area contributed by atoms with E-state index in [0.717, 1.165) is 53.9 Å². The molecule has 0 bridgehead atoms. The SMILES string of the molecule is Cc1n[nH]cc1Nc1nccc(-c2ccc3c(c2)CCCC[C@H]3NC(=O)c2cnn(C(C)C)n2)n1. The molecule has 1 atom stereocenters. The first-order valence-corrected chi connectivity index (χ1v) is 11.9. The number of hydrogen-bond acceptors (Lipinski definition) is 7. The number of nitrogens with zero attached hydrogens (tertiary/aromatic N) is 6. The zero-order valence-corrected chi connectivity index (χ0v) is 20.1. The number of rotatable bonds is 6. The molecule has 180 valence electrons. The fraction of sp³-hybridized carbons (Fsp3) is 0.360. The van der Waals surface area contributed by atoms with E-state index in [0.29, 0.717) is 11.6 Å². The fourth-order valence-electron chi connectivity index (χ4n) is 4.34. The van der Waals surface area contributed by atoms with E-state index in [2.05, 4.69) is 54.2 Å². The zero-order chi connectivity index (χ0) is 24.4. The molecule has 4 aromatic rings. The van der Waals surface area contributed by atoms with E-state index in [4.69, 9.17) is 4.98 Å². The van der Waals surface area contributed by atoms with E-state index in [1.807, 2.05) is 26.8 Å². The van der Waals surface area contributed by atoms with Crippen LogP contribution >= 0.6 is 0 Å². The van der Waals surface area contributed by atoms with Gasteiger partial charge in [-0.15, -0.1) is 5.10 Å². The molecule has 3 heterocycles. The largest absolute Gasteiger partial charge is 0.344 e. The van der Waals surface area contributed by atoms with Crippen molar-refractivity contribution in [2.45, 2.75) is 58.5 Å². The maximum Gasteiger partial charge on any atom is 0.273 e. The second-order valence-electron chi connectivity index (χ2n) is 9.10. The summed E-state index contributed by atoms with van der Waals surface area (Å²) < 4.78 is 0. The average molecular weight is 472 g/mol. The summed E-state index contributed by atoms with van der Waals surface area (Å²) in [6.45, 7) is 5.88. The number of anilines is 2. The number of carbonyl (C=O) groups excluding carboxylic acids is 1. The number of fused-ring (bicyclic) bond motifs is 1. The molecular formula is C25H29N9O. The summed E-state index contributed by atoms with van der Waals surface area (Å²) in [5.74, 6) is 0.321. The third-order valence-corrected chi connectivity index (χ3v) is 6.24. The van der Waals surface area contributed by atoms with Crippen molar-refractivity contribution in [1.82, 2.24) is 40.5 Å². The summed E-state index contributed by atoms with van der Waals surface area (Å²) in [4.78, 5) is 23.5. The molecule has 1 amide bonds. The Morgan fingerprint density at radius 2 is 2.11 bits per heavy atom. The van der Waals surface area contributed by atoms with Gasteiger partial charge in [0.2, 0.25) is 5.95 Å². The number of nitrogens with one attached hydrogen (secondary N) is 3. The van der Waals surface area contributed by atoms with Crippen LogP contribution in [0.1, 0.15) is 72.5 Å². The minimum atomic E-state index is -0.195. The summed E-state index contributed by atoms with van der Waals surface area (Å²) in [6.07, 6.45) is 9.03. The van der Waals surface area contributed by atoms with E-state index in [-0.39, 0.29) is 18.0 Å². The average Bonchev–Trinajstić information content (AvgIpc) is 3.46. The van der Waals surface area contributed by atoms with Crippen molar-refractivity contribution in [3.63, 3.8) is 0 Å². The third kappa shape index (κ3) is 4.91. The Bertz CT molecular complexity index is 1340. The van der Waals surface area contributed by atoms with Crippen molar-refractivity contribution in [1.29, 1.82) is 0 Å². The lowest BCUT2D eigenvalue weighted by Gasteiger charge is -2.19. The van der Waals surface area contributed by atoms with Gasteiger partial charge in [-0.3, -0.25) is 9.89 Å². The monoisotopic (exact) mass is 471 g/mol. The normalized spacial score (nSPS) is 15.5. The van der Waals surface area contributed by atoms with Crippen molar-refractivity contribution in [2.75, 3.05) is 5.32 Å². The van der Waals surface area contributed by atoms with E-state index < -0.39 is 0 Å². The number of hydrogen-bond donors (Lipinski definition) is 3. The van der Waals surface area contributed by atoms with Crippen LogP contribution in [0.4, 0.5) is 11.6 Å². The smallest absolute Gasteiger partial charge is 0.273 e. The van der Waals surface area contributed by atoms with Crippen LogP contribution in [0.25, 0.3) is 11.3 Å². The van der Waals surface area contributed by atoms with Crippen LogP contribution in [0.15, 0.2) is 42.9 Å². The standard InChI is InChI=1S/C25H29N9O/c1-15(2)34-28-14-23(33-34)24(35)29-21-7-5-4-6-17-12-18(8-9-19(17)21)20-10-11-26-25(30-20)31-22-13-27-32-16(22)3/h8-15,21H,4-7H2,1-3H3,(H,27,32)(H,29,35)(H,26,30,31)/t21-/m1/s1. The lowest BCUT2D eigenvalue weighted by molar-refractivity contribution is 0.0928. The number of H-pyrrole nitrogens is 1.